The lowest BCUT2D eigenvalue weighted by Crippen LogP contribution is -2.37. The maximum Gasteiger partial charge on any atom is 0.410 e. The van der Waals surface area contributed by atoms with Gasteiger partial charge in [-0.15, -0.1) is 0 Å². The molecular formula is C16H23NO3. The summed E-state index contributed by atoms with van der Waals surface area (Å²) in [7, 11) is 1.74. The normalized spacial score (nSPS) is 18.3. The molecule has 1 heterocycles. The third kappa shape index (κ3) is 3.73. The summed E-state index contributed by atoms with van der Waals surface area (Å²) < 4.78 is 11.2. The molecule has 1 atom stereocenters. The number of ether oxygens (including phenoxy) is 2. The minimum Gasteiger partial charge on any atom is -0.444 e. The number of carbonyl (C=O) groups is 1. The Labute approximate surface area is 120 Å². The highest BCUT2D eigenvalue weighted by atomic mass is 16.6. The highest BCUT2D eigenvalue weighted by molar-refractivity contribution is 5.67. The van der Waals surface area contributed by atoms with Crippen LogP contribution in [0.4, 0.5) is 4.79 Å². The molecule has 0 aliphatic carbocycles. The molecule has 0 spiro atoms. The van der Waals surface area contributed by atoms with Gasteiger partial charge in [-0.1, -0.05) is 24.3 Å². The van der Waals surface area contributed by atoms with Crippen LogP contribution in [0, 0.1) is 0 Å². The van der Waals surface area contributed by atoms with Crippen LogP contribution in [0.15, 0.2) is 24.3 Å². The van der Waals surface area contributed by atoms with Crippen LogP contribution in [0.3, 0.4) is 0 Å². The van der Waals surface area contributed by atoms with E-state index in [1.54, 1.807) is 11.9 Å². The quantitative estimate of drug-likeness (QED) is 0.833. The summed E-state index contributed by atoms with van der Waals surface area (Å²) in [6.07, 6.45) is 0.546. The lowest BCUT2D eigenvalue weighted by Gasteiger charge is -2.31. The van der Waals surface area contributed by atoms with E-state index in [0.29, 0.717) is 13.2 Å². The van der Waals surface area contributed by atoms with Crippen LogP contribution in [-0.2, 0) is 15.9 Å². The fourth-order valence-electron chi connectivity index (χ4n) is 2.29. The first-order valence-electron chi connectivity index (χ1n) is 7.00. The summed E-state index contributed by atoms with van der Waals surface area (Å²) in [6, 6.07) is 8.24. The molecule has 0 aromatic heterocycles. The van der Waals surface area contributed by atoms with Gasteiger partial charge in [-0.2, -0.15) is 0 Å². The number of amides is 1. The molecule has 1 aliphatic rings. The van der Waals surface area contributed by atoms with Gasteiger partial charge in [-0.05, 0) is 38.3 Å². The first-order valence-corrected chi connectivity index (χ1v) is 7.00. The molecule has 2 rings (SSSR count). The second kappa shape index (κ2) is 5.83. The smallest absolute Gasteiger partial charge is 0.410 e. The molecule has 4 heteroatoms. The van der Waals surface area contributed by atoms with Crippen LogP contribution in [0.25, 0.3) is 0 Å². The summed E-state index contributed by atoms with van der Waals surface area (Å²) in [5, 5.41) is 0. The molecule has 1 amide bonds. The molecule has 110 valence electrons. The monoisotopic (exact) mass is 277 g/mol. The number of rotatable bonds is 2. The van der Waals surface area contributed by atoms with Crippen molar-refractivity contribution >= 4 is 6.09 Å². The summed E-state index contributed by atoms with van der Waals surface area (Å²) in [5.41, 5.74) is 2.01. The summed E-state index contributed by atoms with van der Waals surface area (Å²) in [6.45, 7) is 6.80. The van der Waals surface area contributed by atoms with Crippen molar-refractivity contribution in [1.82, 2.24) is 4.90 Å². The number of hydrogen-bond acceptors (Lipinski definition) is 3. The lowest BCUT2D eigenvalue weighted by atomic mass is 9.97. The third-order valence-corrected chi connectivity index (χ3v) is 3.24. The van der Waals surface area contributed by atoms with Crippen LogP contribution >= 0.6 is 0 Å². The highest BCUT2D eigenvalue weighted by Crippen LogP contribution is 2.27. The predicted molar refractivity (Wildman–Crippen MR) is 77.7 cm³/mol. The van der Waals surface area contributed by atoms with Crippen molar-refractivity contribution in [3.8, 4) is 0 Å². The first-order chi connectivity index (χ1) is 9.37. The van der Waals surface area contributed by atoms with E-state index in [1.165, 1.54) is 11.1 Å². The molecule has 1 unspecified atom stereocenters. The van der Waals surface area contributed by atoms with Crippen LogP contribution in [-0.4, -0.2) is 36.8 Å². The van der Waals surface area contributed by atoms with Crippen molar-refractivity contribution in [2.75, 3.05) is 20.2 Å². The van der Waals surface area contributed by atoms with E-state index in [9.17, 15) is 4.79 Å². The van der Waals surface area contributed by atoms with Crippen molar-refractivity contribution in [2.24, 2.45) is 0 Å². The molecule has 1 aromatic carbocycles. The minimum absolute atomic E-state index is 0.0718. The fraction of sp³-hybridized carbons (Fsp3) is 0.562. The van der Waals surface area contributed by atoms with Crippen molar-refractivity contribution in [3.63, 3.8) is 0 Å². The standard InChI is InChI=1S/C16H23NO3/c1-16(2,3)20-15(18)17(4)11-14-13-8-6-5-7-12(13)9-10-19-14/h5-8,14H,9-11H2,1-4H3. The molecule has 0 radical (unpaired) electrons. The summed E-state index contributed by atoms with van der Waals surface area (Å²) in [4.78, 5) is 13.6. The van der Waals surface area contributed by atoms with Crippen LogP contribution in [0.2, 0.25) is 0 Å². The molecule has 1 aromatic rings. The SMILES string of the molecule is CN(CC1OCCc2ccccc21)C(=O)OC(C)(C)C. The van der Waals surface area contributed by atoms with Crippen LogP contribution < -0.4 is 0 Å². The maximum atomic E-state index is 12.0. The van der Waals surface area contributed by atoms with Gasteiger partial charge in [-0.25, -0.2) is 4.79 Å². The van der Waals surface area contributed by atoms with E-state index in [0.717, 1.165) is 6.42 Å². The maximum absolute atomic E-state index is 12.0. The Morgan fingerprint density at radius 3 is 2.80 bits per heavy atom. The highest BCUT2D eigenvalue weighted by Gasteiger charge is 2.26. The fourth-order valence-corrected chi connectivity index (χ4v) is 2.29. The minimum atomic E-state index is -0.476. The van der Waals surface area contributed by atoms with Gasteiger partial charge in [0.05, 0.1) is 13.2 Å². The molecule has 0 saturated carbocycles. The average Bonchev–Trinajstić information content (AvgIpc) is 2.37. The van der Waals surface area contributed by atoms with Gasteiger partial charge < -0.3 is 14.4 Å². The zero-order valence-electron chi connectivity index (χ0n) is 12.7. The van der Waals surface area contributed by atoms with E-state index < -0.39 is 5.60 Å². The second-order valence-corrected chi connectivity index (χ2v) is 6.17. The predicted octanol–water partition coefficient (Wildman–Crippen LogP) is 3.17. The second-order valence-electron chi connectivity index (χ2n) is 6.17. The van der Waals surface area contributed by atoms with Crippen LogP contribution in [0.5, 0.6) is 0 Å². The number of fused-ring (bicyclic) bond motifs is 1. The number of carbonyl (C=O) groups excluding carboxylic acids is 1. The Hall–Kier alpha value is -1.55. The van der Waals surface area contributed by atoms with E-state index in [-0.39, 0.29) is 12.2 Å². The Morgan fingerprint density at radius 2 is 2.10 bits per heavy atom. The van der Waals surface area contributed by atoms with Gasteiger partial charge in [0.1, 0.15) is 11.7 Å². The molecule has 20 heavy (non-hydrogen) atoms. The largest absolute Gasteiger partial charge is 0.444 e. The van der Waals surface area contributed by atoms with E-state index in [1.807, 2.05) is 32.9 Å². The average molecular weight is 277 g/mol. The number of benzene rings is 1. The zero-order valence-corrected chi connectivity index (χ0v) is 12.7. The molecule has 1 aliphatic heterocycles. The summed E-state index contributed by atoms with van der Waals surface area (Å²) >= 11 is 0. The van der Waals surface area contributed by atoms with Crippen molar-refractivity contribution in [2.45, 2.75) is 38.9 Å². The third-order valence-electron chi connectivity index (χ3n) is 3.24. The van der Waals surface area contributed by atoms with Gasteiger partial charge in [0.15, 0.2) is 0 Å². The molecule has 4 nitrogen and oxygen atoms in total. The van der Waals surface area contributed by atoms with Crippen molar-refractivity contribution < 1.29 is 14.3 Å². The van der Waals surface area contributed by atoms with Crippen LogP contribution in [0.1, 0.15) is 38.0 Å². The zero-order chi connectivity index (χ0) is 14.8. The lowest BCUT2D eigenvalue weighted by molar-refractivity contribution is -0.00164. The van der Waals surface area contributed by atoms with Gasteiger partial charge in [0.25, 0.3) is 0 Å². The van der Waals surface area contributed by atoms with Crippen molar-refractivity contribution in [1.29, 1.82) is 0 Å². The van der Waals surface area contributed by atoms with Gasteiger partial charge >= 0.3 is 6.09 Å². The summed E-state index contributed by atoms with van der Waals surface area (Å²) in [5.74, 6) is 0. The Balaban J connectivity index is 2.02. The van der Waals surface area contributed by atoms with E-state index in [4.69, 9.17) is 9.47 Å². The van der Waals surface area contributed by atoms with Gasteiger partial charge in [0, 0.05) is 7.05 Å². The molecule has 0 N–H and O–H groups in total. The Kier molecular flexibility index (Phi) is 4.33. The Morgan fingerprint density at radius 1 is 1.40 bits per heavy atom. The van der Waals surface area contributed by atoms with Gasteiger partial charge in [0.2, 0.25) is 0 Å². The molecule has 0 bridgehead atoms. The van der Waals surface area contributed by atoms with Gasteiger partial charge in [-0.3, -0.25) is 0 Å². The van der Waals surface area contributed by atoms with Crippen molar-refractivity contribution in [3.05, 3.63) is 35.4 Å². The first kappa shape index (κ1) is 14.9. The topological polar surface area (TPSA) is 38.8 Å². The molecule has 0 fully saturated rings. The Bertz CT molecular complexity index is 479. The number of likely N-dealkylation sites (N-methyl/N-ethyl adjacent to an activating group) is 1. The molecular weight excluding hydrogens is 254 g/mol. The van der Waals surface area contributed by atoms with E-state index >= 15 is 0 Å². The number of nitrogens with zero attached hydrogens (tertiary/aromatic N) is 1. The number of hydrogen-bond donors (Lipinski definition) is 0. The molecule has 0 saturated heterocycles. The van der Waals surface area contributed by atoms with E-state index in [2.05, 4.69) is 12.1 Å².